The molecule has 1 fully saturated rings. The second-order valence-corrected chi connectivity index (χ2v) is 9.59. The number of aromatic hydroxyl groups is 1. The molecule has 3 atom stereocenters. The smallest absolute Gasteiger partial charge is 0.161 e. The Morgan fingerprint density at radius 1 is 0.750 bits per heavy atom. The molecule has 3 aromatic carbocycles. The molecule has 0 heterocycles. The van der Waals surface area contributed by atoms with E-state index in [1.807, 2.05) is 18.2 Å². The fraction of sp³-hybridized carbons (Fsp3) is 0.250. The molecule has 4 heteroatoms. The van der Waals surface area contributed by atoms with E-state index in [2.05, 4.69) is 48.5 Å². The van der Waals surface area contributed by atoms with Crippen molar-refractivity contribution in [2.75, 3.05) is 0 Å². The van der Waals surface area contributed by atoms with E-state index in [1.54, 1.807) is 18.2 Å². The summed E-state index contributed by atoms with van der Waals surface area (Å²) in [5.41, 5.74) is 0.115. The van der Waals surface area contributed by atoms with Gasteiger partial charge in [0, 0.05) is 5.66 Å². The molecule has 0 unspecified atom stereocenters. The molecule has 3 aromatic rings. The highest BCUT2D eigenvalue weighted by Gasteiger charge is 2.39. The Morgan fingerprint density at radius 2 is 1.32 bits per heavy atom. The zero-order chi connectivity index (χ0) is 19.3. The van der Waals surface area contributed by atoms with E-state index in [0.717, 1.165) is 19.3 Å². The third-order valence-electron chi connectivity index (χ3n) is 5.31. The molecule has 0 aromatic heterocycles. The van der Waals surface area contributed by atoms with E-state index in [1.165, 1.54) is 10.6 Å². The lowest BCUT2D eigenvalue weighted by atomic mass is 9.94. The zero-order valence-corrected chi connectivity index (χ0v) is 16.6. The van der Waals surface area contributed by atoms with Crippen molar-refractivity contribution < 1.29 is 14.9 Å². The molecule has 0 bridgehead atoms. The van der Waals surface area contributed by atoms with Gasteiger partial charge in [-0.25, -0.2) is 0 Å². The number of aliphatic hydroxyl groups excluding tert-OH is 1. The van der Waals surface area contributed by atoms with Crippen molar-refractivity contribution in [2.24, 2.45) is 0 Å². The number of phenolic OH excluding ortho intramolecular Hbond substituents is 1. The predicted octanol–water partition coefficient (Wildman–Crippen LogP) is 4.19. The highest BCUT2D eigenvalue weighted by molar-refractivity contribution is 7.73. The number of aliphatic hydroxyl groups is 1. The highest BCUT2D eigenvalue weighted by atomic mass is 31.1. The molecule has 1 saturated carbocycles. The van der Waals surface area contributed by atoms with Gasteiger partial charge in [-0.2, -0.15) is 0 Å². The quantitative estimate of drug-likeness (QED) is 0.641. The number of phenols is 1. The van der Waals surface area contributed by atoms with E-state index in [9.17, 15) is 10.2 Å². The molecule has 0 aliphatic heterocycles. The molecular weight excluding hydrogens is 367 g/mol. The number of hydrogen-bond acceptors (Lipinski definition) is 3. The van der Waals surface area contributed by atoms with Crippen LogP contribution in [0.15, 0.2) is 84.9 Å². The molecule has 0 radical (unpaired) electrons. The Balaban J connectivity index is 1.64. The van der Waals surface area contributed by atoms with Gasteiger partial charge in [-0.15, -0.1) is 0 Å². The Kier molecular flexibility index (Phi) is 5.95. The first-order chi connectivity index (χ1) is 13.7. The number of hydrogen-bond donors (Lipinski definition) is 2. The van der Waals surface area contributed by atoms with E-state index < -0.39 is 14.0 Å². The van der Waals surface area contributed by atoms with Gasteiger partial charge in [0.05, 0.1) is 6.10 Å². The lowest BCUT2D eigenvalue weighted by molar-refractivity contribution is 0.00933. The largest absolute Gasteiger partial charge is 0.504 e. The third kappa shape index (κ3) is 4.06. The molecule has 1 aliphatic rings. The maximum atomic E-state index is 11.3. The van der Waals surface area contributed by atoms with Crippen molar-refractivity contribution in [2.45, 2.75) is 37.1 Å². The first-order valence-corrected chi connectivity index (χ1v) is 11.2. The standard InChI is InChI=1S/C24H25O3P/c25-20-14-7-8-15-21(20)27-22-16-9-17-23(24(22)26)28(18-10-3-1-4-11-18)19-12-5-2-6-13-19/h1-8,10-15,22-26H,9,16-17H2/t22-,23+,24+/m1/s1. The number of para-hydroxylation sites is 2. The van der Waals surface area contributed by atoms with Crippen molar-refractivity contribution in [1.29, 1.82) is 0 Å². The normalized spacial score (nSPS) is 22.1. The summed E-state index contributed by atoms with van der Waals surface area (Å²) in [6, 6.07) is 28.0. The minimum absolute atomic E-state index is 0.115. The molecule has 4 rings (SSSR count). The van der Waals surface area contributed by atoms with Crippen molar-refractivity contribution >= 4 is 18.5 Å². The lowest BCUT2D eigenvalue weighted by Crippen LogP contribution is -2.45. The summed E-state index contributed by atoms with van der Waals surface area (Å²) < 4.78 is 6.06. The fourth-order valence-electron chi connectivity index (χ4n) is 3.96. The van der Waals surface area contributed by atoms with Gasteiger partial charge in [0.25, 0.3) is 0 Å². The Hall–Kier alpha value is -2.35. The van der Waals surface area contributed by atoms with Crippen LogP contribution in [0.1, 0.15) is 19.3 Å². The van der Waals surface area contributed by atoms with Crippen molar-refractivity contribution in [3.05, 3.63) is 84.9 Å². The van der Waals surface area contributed by atoms with Crippen LogP contribution in [0.4, 0.5) is 0 Å². The summed E-state index contributed by atoms with van der Waals surface area (Å²) >= 11 is 0. The van der Waals surface area contributed by atoms with E-state index >= 15 is 0 Å². The van der Waals surface area contributed by atoms with Crippen molar-refractivity contribution in [3.63, 3.8) is 0 Å². The van der Waals surface area contributed by atoms with Crippen LogP contribution in [-0.2, 0) is 0 Å². The first-order valence-electron chi connectivity index (χ1n) is 9.76. The fourth-order valence-corrected chi connectivity index (χ4v) is 6.95. The minimum Gasteiger partial charge on any atom is -0.504 e. The van der Waals surface area contributed by atoms with Crippen LogP contribution in [-0.4, -0.2) is 28.1 Å². The van der Waals surface area contributed by atoms with Crippen LogP contribution in [0.2, 0.25) is 0 Å². The van der Waals surface area contributed by atoms with Gasteiger partial charge in [-0.05, 0) is 49.9 Å². The molecule has 0 spiro atoms. The van der Waals surface area contributed by atoms with Gasteiger partial charge in [0.2, 0.25) is 0 Å². The van der Waals surface area contributed by atoms with Gasteiger partial charge in [-0.3, -0.25) is 0 Å². The Morgan fingerprint density at radius 3 is 1.93 bits per heavy atom. The lowest BCUT2D eigenvalue weighted by Gasteiger charge is -2.39. The summed E-state index contributed by atoms with van der Waals surface area (Å²) in [7, 11) is -0.710. The number of ether oxygens (including phenoxy) is 1. The monoisotopic (exact) mass is 392 g/mol. The second-order valence-electron chi connectivity index (χ2n) is 7.15. The van der Waals surface area contributed by atoms with Crippen LogP contribution >= 0.6 is 7.92 Å². The summed E-state index contributed by atoms with van der Waals surface area (Å²) in [5.74, 6) is 0.557. The van der Waals surface area contributed by atoms with E-state index in [0.29, 0.717) is 5.75 Å². The van der Waals surface area contributed by atoms with Crippen LogP contribution in [0, 0.1) is 0 Å². The second kappa shape index (κ2) is 8.77. The first kappa shape index (κ1) is 19.0. The van der Waals surface area contributed by atoms with Crippen LogP contribution in [0.25, 0.3) is 0 Å². The van der Waals surface area contributed by atoms with Gasteiger partial charge >= 0.3 is 0 Å². The molecule has 0 saturated heterocycles. The molecule has 3 nitrogen and oxygen atoms in total. The average Bonchev–Trinajstić information content (AvgIpc) is 2.74. The molecule has 1 aliphatic carbocycles. The van der Waals surface area contributed by atoms with E-state index in [-0.39, 0.29) is 17.5 Å². The maximum Gasteiger partial charge on any atom is 0.161 e. The van der Waals surface area contributed by atoms with Gasteiger partial charge in [0.1, 0.15) is 6.10 Å². The third-order valence-corrected chi connectivity index (χ3v) is 8.24. The van der Waals surface area contributed by atoms with Crippen molar-refractivity contribution in [1.82, 2.24) is 0 Å². The average molecular weight is 392 g/mol. The summed E-state index contributed by atoms with van der Waals surface area (Å²) in [4.78, 5) is 0. The predicted molar refractivity (Wildman–Crippen MR) is 115 cm³/mol. The van der Waals surface area contributed by atoms with Crippen molar-refractivity contribution in [3.8, 4) is 11.5 Å². The summed E-state index contributed by atoms with van der Waals surface area (Å²) in [5, 5.41) is 23.9. The van der Waals surface area contributed by atoms with Crippen LogP contribution in [0.5, 0.6) is 11.5 Å². The Bertz CT molecular complexity index is 845. The Labute approximate surface area is 167 Å². The SMILES string of the molecule is Oc1ccccc1O[C@@H]1CCC[C@H](P(c2ccccc2)c2ccccc2)[C@H]1O. The molecule has 0 amide bonds. The van der Waals surface area contributed by atoms with Gasteiger partial charge in [0.15, 0.2) is 11.5 Å². The molecule has 144 valence electrons. The van der Waals surface area contributed by atoms with Gasteiger partial charge in [-0.1, -0.05) is 72.8 Å². The molecule has 2 N–H and O–H groups in total. The van der Waals surface area contributed by atoms with E-state index in [4.69, 9.17) is 4.74 Å². The molecule has 28 heavy (non-hydrogen) atoms. The zero-order valence-electron chi connectivity index (χ0n) is 15.7. The number of rotatable bonds is 5. The summed E-state index contributed by atoms with van der Waals surface area (Å²) in [6.45, 7) is 0. The summed E-state index contributed by atoms with van der Waals surface area (Å²) in [6.07, 6.45) is 1.86. The minimum atomic E-state index is -0.710. The number of benzene rings is 3. The van der Waals surface area contributed by atoms with Crippen LogP contribution < -0.4 is 15.3 Å². The molecular formula is C24H25O3P. The van der Waals surface area contributed by atoms with Crippen LogP contribution in [0.3, 0.4) is 0 Å². The maximum absolute atomic E-state index is 11.3. The highest BCUT2D eigenvalue weighted by Crippen LogP contribution is 2.47. The topological polar surface area (TPSA) is 49.7 Å². The van der Waals surface area contributed by atoms with Gasteiger partial charge < -0.3 is 14.9 Å².